The van der Waals surface area contributed by atoms with Crippen LogP contribution in [0.1, 0.15) is 25.7 Å². The lowest BCUT2D eigenvalue weighted by Crippen LogP contribution is -2.36. The first kappa shape index (κ1) is 13.8. The number of nitrogens with one attached hydrogen (secondary N) is 1. The molecule has 5 nitrogen and oxygen atoms in total. The molecule has 0 amide bonds. The Morgan fingerprint density at radius 2 is 1.83 bits per heavy atom. The first-order chi connectivity index (χ1) is 8.58. The van der Waals surface area contributed by atoms with Gasteiger partial charge < -0.3 is 0 Å². The number of pyridine rings is 1. The van der Waals surface area contributed by atoms with E-state index in [9.17, 15) is 8.42 Å². The third kappa shape index (κ3) is 3.66. The second kappa shape index (κ2) is 5.99. The Balaban J connectivity index is 2.08. The molecule has 0 unspecified atom stereocenters. The molecule has 0 saturated carbocycles. The zero-order chi connectivity index (χ0) is 13.0. The molecular weight excluding hydrogens is 318 g/mol. The molecule has 1 aliphatic rings. The fraction of sp³-hybridized carbons (Fsp3) is 0.545. The van der Waals surface area contributed by atoms with Crippen LogP contribution in [0.25, 0.3) is 0 Å². The molecule has 0 bridgehead atoms. The highest BCUT2D eigenvalue weighted by Gasteiger charge is 2.22. The number of hydrogen-bond donors (Lipinski definition) is 1. The maximum atomic E-state index is 12.2. The summed E-state index contributed by atoms with van der Waals surface area (Å²) in [5.41, 5.74) is 0. The molecule has 1 N–H and O–H groups in total. The van der Waals surface area contributed by atoms with Crippen molar-refractivity contribution in [2.75, 3.05) is 17.8 Å². The van der Waals surface area contributed by atoms with Crippen LogP contribution in [-0.2, 0) is 10.2 Å². The van der Waals surface area contributed by atoms with Gasteiger partial charge in [0.2, 0.25) is 0 Å². The van der Waals surface area contributed by atoms with Gasteiger partial charge in [0.05, 0.1) is 0 Å². The zero-order valence-corrected chi connectivity index (χ0v) is 12.4. The topological polar surface area (TPSA) is 62.3 Å². The van der Waals surface area contributed by atoms with Crippen molar-refractivity contribution in [1.82, 2.24) is 9.29 Å². The van der Waals surface area contributed by atoms with Crippen LogP contribution in [0.4, 0.5) is 5.82 Å². The lowest BCUT2D eigenvalue weighted by Gasteiger charge is -2.20. The van der Waals surface area contributed by atoms with E-state index in [0.717, 1.165) is 30.2 Å². The lowest BCUT2D eigenvalue weighted by molar-refractivity contribution is 0.427. The van der Waals surface area contributed by atoms with Gasteiger partial charge in [-0.15, -0.1) is 0 Å². The van der Waals surface area contributed by atoms with Gasteiger partial charge >= 0.3 is 10.2 Å². The minimum absolute atomic E-state index is 0.349. The molecule has 1 saturated heterocycles. The third-order valence-electron chi connectivity index (χ3n) is 2.87. The molecule has 0 atom stereocenters. The van der Waals surface area contributed by atoms with E-state index in [2.05, 4.69) is 25.6 Å². The molecule has 0 spiro atoms. The average molecular weight is 334 g/mol. The van der Waals surface area contributed by atoms with Gasteiger partial charge in [-0.25, -0.2) is 4.98 Å². The van der Waals surface area contributed by atoms with E-state index >= 15 is 0 Å². The van der Waals surface area contributed by atoms with Gasteiger partial charge in [-0.2, -0.15) is 12.7 Å². The van der Waals surface area contributed by atoms with E-state index in [0.29, 0.717) is 18.9 Å². The second-order valence-corrected chi connectivity index (χ2v) is 6.87. The summed E-state index contributed by atoms with van der Waals surface area (Å²) >= 11 is 3.26. The van der Waals surface area contributed by atoms with Crippen molar-refractivity contribution in [3.05, 3.63) is 22.8 Å². The molecule has 18 heavy (non-hydrogen) atoms. The molecule has 0 radical (unpaired) electrons. The van der Waals surface area contributed by atoms with Crippen molar-refractivity contribution < 1.29 is 8.42 Å². The first-order valence-corrected chi connectivity index (χ1v) is 8.21. The lowest BCUT2D eigenvalue weighted by atomic mass is 10.2. The smallest absolute Gasteiger partial charge is 0.254 e. The molecule has 2 heterocycles. The Labute approximate surface area is 116 Å². The molecule has 7 heteroatoms. The summed E-state index contributed by atoms with van der Waals surface area (Å²) in [6.45, 7) is 1.18. The standard InChI is InChI=1S/C11H16BrN3O2S/c12-10-5-6-11(13-9-10)14-18(16,17)15-7-3-1-2-4-8-15/h5-6,9H,1-4,7-8H2,(H,13,14). The summed E-state index contributed by atoms with van der Waals surface area (Å²) in [5, 5.41) is 0. The summed E-state index contributed by atoms with van der Waals surface area (Å²) in [6, 6.07) is 3.40. The number of nitrogens with zero attached hydrogens (tertiary/aromatic N) is 2. The summed E-state index contributed by atoms with van der Waals surface area (Å²) in [7, 11) is -3.47. The van der Waals surface area contributed by atoms with Crippen molar-refractivity contribution in [1.29, 1.82) is 0 Å². The highest BCUT2D eigenvalue weighted by molar-refractivity contribution is 9.10. The predicted molar refractivity (Wildman–Crippen MR) is 74.5 cm³/mol. The van der Waals surface area contributed by atoms with Crippen molar-refractivity contribution in [3.63, 3.8) is 0 Å². The van der Waals surface area contributed by atoms with Crippen LogP contribution in [-0.4, -0.2) is 30.8 Å². The largest absolute Gasteiger partial charge is 0.302 e. The summed E-state index contributed by atoms with van der Waals surface area (Å²) in [6.07, 6.45) is 5.62. The fourth-order valence-corrected chi connectivity index (χ4v) is 3.40. The third-order valence-corrected chi connectivity index (χ3v) is 4.85. The van der Waals surface area contributed by atoms with Gasteiger partial charge in [-0.05, 0) is 40.9 Å². The zero-order valence-electron chi connectivity index (χ0n) is 9.97. The number of halogens is 1. The van der Waals surface area contributed by atoms with Gasteiger partial charge in [0, 0.05) is 23.8 Å². The molecule has 0 aliphatic carbocycles. The molecule has 2 rings (SSSR count). The van der Waals surface area contributed by atoms with E-state index in [1.165, 1.54) is 4.31 Å². The quantitative estimate of drug-likeness (QED) is 0.923. The molecule has 1 fully saturated rings. The van der Waals surface area contributed by atoms with Gasteiger partial charge in [0.25, 0.3) is 0 Å². The Bertz CT molecular complexity index is 482. The SMILES string of the molecule is O=S(=O)(Nc1ccc(Br)cn1)N1CCCCCC1. The summed E-state index contributed by atoms with van der Waals surface area (Å²) in [4.78, 5) is 4.02. The van der Waals surface area contributed by atoms with E-state index in [1.807, 2.05) is 0 Å². The van der Waals surface area contributed by atoms with E-state index < -0.39 is 10.2 Å². The van der Waals surface area contributed by atoms with Crippen molar-refractivity contribution in [2.24, 2.45) is 0 Å². The number of hydrogen-bond acceptors (Lipinski definition) is 3. The number of anilines is 1. The second-order valence-electron chi connectivity index (χ2n) is 4.28. The number of aromatic nitrogens is 1. The minimum Gasteiger partial charge on any atom is -0.254 e. The van der Waals surface area contributed by atoms with Gasteiger partial charge in [0.15, 0.2) is 0 Å². The average Bonchev–Trinajstić information content (AvgIpc) is 2.61. The van der Waals surface area contributed by atoms with Crippen molar-refractivity contribution in [3.8, 4) is 0 Å². The van der Waals surface area contributed by atoms with Crippen LogP contribution in [0, 0.1) is 0 Å². The molecule has 1 aromatic heterocycles. The number of rotatable bonds is 3. The Morgan fingerprint density at radius 3 is 2.39 bits per heavy atom. The first-order valence-electron chi connectivity index (χ1n) is 5.97. The summed E-state index contributed by atoms with van der Waals surface area (Å²) in [5.74, 6) is 0.349. The van der Waals surface area contributed by atoms with Crippen LogP contribution in [0.15, 0.2) is 22.8 Å². The normalized spacial score (nSPS) is 18.3. The van der Waals surface area contributed by atoms with E-state index in [-0.39, 0.29) is 0 Å². The van der Waals surface area contributed by atoms with Crippen LogP contribution in [0.2, 0.25) is 0 Å². The van der Waals surface area contributed by atoms with Crippen LogP contribution in [0.5, 0.6) is 0 Å². The molecule has 0 aromatic carbocycles. The van der Waals surface area contributed by atoms with E-state index in [4.69, 9.17) is 0 Å². The minimum atomic E-state index is -3.47. The van der Waals surface area contributed by atoms with Gasteiger partial charge in [0.1, 0.15) is 5.82 Å². The molecule has 1 aliphatic heterocycles. The molecule has 1 aromatic rings. The molecular formula is C11H16BrN3O2S. The van der Waals surface area contributed by atoms with Crippen molar-refractivity contribution in [2.45, 2.75) is 25.7 Å². The van der Waals surface area contributed by atoms with Crippen LogP contribution >= 0.6 is 15.9 Å². The maximum absolute atomic E-state index is 12.2. The Kier molecular flexibility index (Phi) is 4.58. The highest BCUT2D eigenvalue weighted by Crippen LogP contribution is 2.16. The maximum Gasteiger partial charge on any atom is 0.302 e. The van der Waals surface area contributed by atoms with Crippen LogP contribution in [0.3, 0.4) is 0 Å². The van der Waals surface area contributed by atoms with Crippen molar-refractivity contribution >= 4 is 32.0 Å². The fourth-order valence-electron chi connectivity index (χ4n) is 1.91. The van der Waals surface area contributed by atoms with Gasteiger partial charge in [-0.3, -0.25) is 4.72 Å². The molecule has 100 valence electrons. The summed E-state index contributed by atoms with van der Waals surface area (Å²) < 4.78 is 29.1. The van der Waals surface area contributed by atoms with Crippen LogP contribution < -0.4 is 4.72 Å². The Morgan fingerprint density at radius 1 is 1.17 bits per heavy atom. The Hall–Kier alpha value is -0.660. The monoisotopic (exact) mass is 333 g/mol. The highest BCUT2D eigenvalue weighted by atomic mass is 79.9. The predicted octanol–water partition coefficient (Wildman–Crippen LogP) is 2.38. The van der Waals surface area contributed by atoms with E-state index in [1.54, 1.807) is 18.3 Å². The van der Waals surface area contributed by atoms with Gasteiger partial charge in [-0.1, -0.05) is 12.8 Å².